The summed E-state index contributed by atoms with van der Waals surface area (Å²) in [7, 11) is 0. The van der Waals surface area contributed by atoms with Crippen molar-refractivity contribution in [1.82, 2.24) is 0 Å². The van der Waals surface area contributed by atoms with Crippen LogP contribution in [-0.4, -0.2) is 17.1 Å². The number of benzene rings is 1. The summed E-state index contributed by atoms with van der Waals surface area (Å²) in [6.45, 7) is 1.61. The summed E-state index contributed by atoms with van der Waals surface area (Å²) in [6.07, 6.45) is 0.0931. The van der Waals surface area contributed by atoms with E-state index in [2.05, 4.69) is 5.32 Å². The van der Waals surface area contributed by atoms with Gasteiger partial charge in [-0.25, -0.2) is 4.39 Å². The van der Waals surface area contributed by atoms with Crippen LogP contribution >= 0.6 is 11.6 Å². The van der Waals surface area contributed by atoms with Crippen molar-refractivity contribution >= 4 is 23.2 Å². The van der Waals surface area contributed by atoms with Crippen molar-refractivity contribution < 1.29 is 14.3 Å². The first-order valence-electron chi connectivity index (χ1n) is 4.92. The normalized spacial score (nSPS) is 12.2. The third-order valence-electron chi connectivity index (χ3n) is 1.99. The van der Waals surface area contributed by atoms with Crippen LogP contribution in [0.25, 0.3) is 0 Å². The van der Waals surface area contributed by atoms with Gasteiger partial charge >= 0.3 is 0 Å². The molecule has 88 valence electrons. The predicted octanol–water partition coefficient (Wildman–Crippen LogP) is 2.58. The Balaban J connectivity index is 2.53. The van der Waals surface area contributed by atoms with Gasteiger partial charge < -0.3 is 10.4 Å². The van der Waals surface area contributed by atoms with Crippen molar-refractivity contribution in [2.24, 2.45) is 0 Å². The number of hydrogen-bond acceptors (Lipinski definition) is 2. The van der Waals surface area contributed by atoms with Crippen LogP contribution in [0.4, 0.5) is 10.1 Å². The zero-order valence-corrected chi connectivity index (χ0v) is 9.59. The molecule has 0 saturated carbocycles. The quantitative estimate of drug-likeness (QED) is 0.857. The molecule has 0 aliphatic rings. The van der Waals surface area contributed by atoms with Crippen LogP contribution in [0.1, 0.15) is 19.8 Å². The molecule has 0 heterocycles. The topological polar surface area (TPSA) is 49.3 Å². The summed E-state index contributed by atoms with van der Waals surface area (Å²) in [6, 6.07) is 3.96. The van der Waals surface area contributed by atoms with Gasteiger partial charge in [0.15, 0.2) is 0 Å². The minimum atomic E-state index is -0.524. The Morgan fingerprint density at radius 3 is 2.88 bits per heavy atom. The number of nitrogens with one attached hydrogen (secondary N) is 1. The van der Waals surface area contributed by atoms with Crippen LogP contribution in [0.3, 0.4) is 0 Å². The molecule has 3 nitrogen and oxygen atoms in total. The number of aliphatic hydroxyl groups excluding tert-OH is 1. The number of aliphatic hydroxyl groups is 1. The molecule has 0 fully saturated rings. The summed E-state index contributed by atoms with van der Waals surface area (Å²) >= 11 is 5.56. The molecule has 1 unspecified atom stereocenters. The standard InChI is InChI=1S/C11H13ClFNO2/c1-7(15)2-5-11(16)14-8-3-4-10(13)9(12)6-8/h3-4,6-7,15H,2,5H2,1H3,(H,14,16). The molecule has 16 heavy (non-hydrogen) atoms. The Morgan fingerprint density at radius 1 is 1.62 bits per heavy atom. The Bertz CT molecular complexity index is 382. The summed E-state index contributed by atoms with van der Waals surface area (Å²) in [5, 5.41) is 11.5. The number of halogens is 2. The minimum Gasteiger partial charge on any atom is -0.393 e. The van der Waals surface area contributed by atoms with E-state index in [0.29, 0.717) is 12.1 Å². The van der Waals surface area contributed by atoms with E-state index in [1.54, 1.807) is 6.92 Å². The van der Waals surface area contributed by atoms with Crippen LogP contribution in [-0.2, 0) is 4.79 Å². The molecule has 0 aliphatic carbocycles. The molecule has 0 bridgehead atoms. The second-order valence-electron chi connectivity index (χ2n) is 3.56. The van der Waals surface area contributed by atoms with E-state index in [9.17, 15) is 9.18 Å². The average Bonchev–Trinajstić information content (AvgIpc) is 2.21. The SMILES string of the molecule is CC(O)CCC(=O)Nc1ccc(F)c(Cl)c1. The summed E-state index contributed by atoms with van der Waals surface area (Å²) in [5.41, 5.74) is 0.446. The number of hydrogen-bond donors (Lipinski definition) is 2. The van der Waals surface area contributed by atoms with Crippen molar-refractivity contribution in [1.29, 1.82) is 0 Å². The van der Waals surface area contributed by atoms with Crippen molar-refractivity contribution in [3.05, 3.63) is 29.0 Å². The fourth-order valence-electron chi connectivity index (χ4n) is 1.14. The van der Waals surface area contributed by atoms with E-state index in [0.717, 1.165) is 0 Å². The lowest BCUT2D eigenvalue weighted by molar-refractivity contribution is -0.116. The third kappa shape index (κ3) is 4.16. The molecule has 0 saturated heterocycles. The number of amides is 1. The van der Waals surface area contributed by atoms with E-state index >= 15 is 0 Å². The number of anilines is 1. The molecule has 2 N–H and O–H groups in total. The zero-order chi connectivity index (χ0) is 12.1. The first-order chi connectivity index (χ1) is 7.49. The van der Waals surface area contributed by atoms with Crippen LogP contribution < -0.4 is 5.32 Å². The van der Waals surface area contributed by atoms with Gasteiger partial charge in [0.2, 0.25) is 5.91 Å². The van der Waals surface area contributed by atoms with E-state index in [-0.39, 0.29) is 17.4 Å². The molecule has 1 aromatic rings. The Kier molecular flexibility index (Phi) is 4.71. The molecule has 0 spiro atoms. The first kappa shape index (κ1) is 12.9. The maximum absolute atomic E-state index is 12.8. The predicted molar refractivity (Wildman–Crippen MR) is 61.0 cm³/mol. The molecule has 1 amide bonds. The van der Waals surface area contributed by atoms with E-state index in [4.69, 9.17) is 16.7 Å². The van der Waals surface area contributed by atoms with Gasteiger partial charge in [-0.2, -0.15) is 0 Å². The lowest BCUT2D eigenvalue weighted by atomic mass is 10.2. The smallest absolute Gasteiger partial charge is 0.224 e. The number of carbonyl (C=O) groups is 1. The van der Waals surface area contributed by atoms with Gasteiger partial charge in [-0.1, -0.05) is 11.6 Å². The van der Waals surface area contributed by atoms with Crippen LogP contribution in [0, 0.1) is 5.82 Å². The molecule has 0 aromatic heterocycles. The molecular formula is C11H13ClFNO2. The highest BCUT2D eigenvalue weighted by atomic mass is 35.5. The monoisotopic (exact) mass is 245 g/mol. The van der Waals surface area contributed by atoms with Crippen molar-refractivity contribution in [3.8, 4) is 0 Å². The van der Waals surface area contributed by atoms with Gasteiger partial charge in [0, 0.05) is 12.1 Å². The van der Waals surface area contributed by atoms with Gasteiger partial charge in [0.05, 0.1) is 11.1 Å². The van der Waals surface area contributed by atoms with Crippen molar-refractivity contribution in [3.63, 3.8) is 0 Å². The Morgan fingerprint density at radius 2 is 2.31 bits per heavy atom. The largest absolute Gasteiger partial charge is 0.393 e. The third-order valence-corrected chi connectivity index (χ3v) is 2.28. The lowest BCUT2D eigenvalue weighted by Gasteiger charge is -2.07. The molecular weight excluding hydrogens is 233 g/mol. The van der Waals surface area contributed by atoms with Crippen molar-refractivity contribution in [2.45, 2.75) is 25.9 Å². The lowest BCUT2D eigenvalue weighted by Crippen LogP contribution is -2.14. The second-order valence-corrected chi connectivity index (χ2v) is 3.97. The van der Waals surface area contributed by atoms with Crippen LogP contribution in [0.2, 0.25) is 5.02 Å². The number of rotatable bonds is 4. The molecule has 1 atom stereocenters. The van der Waals surface area contributed by atoms with Gasteiger partial charge in [-0.15, -0.1) is 0 Å². The van der Waals surface area contributed by atoms with E-state index in [1.165, 1.54) is 18.2 Å². The van der Waals surface area contributed by atoms with Gasteiger partial charge in [0.25, 0.3) is 0 Å². The first-order valence-corrected chi connectivity index (χ1v) is 5.30. The van der Waals surface area contributed by atoms with Gasteiger partial charge in [-0.05, 0) is 31.5 Å². The highest BCUT2D eigenvalue weighted by molar-refractivity contribution is 6.31. The van der Waals surface area contributed by atoms with E-state index < -0.39 is 11.9 Å². The molecule has 5 heteroatoms. The van der Waals surface area contributed by atoms with E-state index in [1.807, 2.05) is 0 Å². The molecule has 0 radical (unpaired) electrons. The molecule has 0 aliphatic heterocycles. The fraction of sp³-hybridized carbons (Fsp3) is 0.364. The summed E-state index contributed by atoms with van der Waals surface area (Å²) < 4.78 is 12.8. The fourth-order valence-corrected chi connectivity index (χ4v) is 1.32. The summed E-state index contributed by atoms with van der Waals surface area (Å²) in [5.74, 6) is -0.757. The average molecular weight is 246 g/mol. The highest BCUT2D eigenvalue weighted by Gasteiger charge is 2.06. The molecule has 1 aromatic carbocycles. The molecule has 1 rings (SSSR count). The zero-order valence-electron chi connectivity index (χ0n) is 8.84. The second kappa shape index (κ2) is 5.82. The maximum atomic E-state index is 12.8. The minimum absolute atomic E-state index is 0.0340. The van der Waals surface area contributed by atoms with Crippen molar-refractivity contribution in [2.75, 3.05) is 5.32 Å². The van der Waals surface area contributed by atoms with Gasteiger partial charge in [-0.3, -0.25) is 4.79 Å². The maximum Gasteiger partial charge on any atom is 0.224 e. The van der Waals surface area contributed by atoms with Crippen LogP contribution in [0.5, 0.6) is 0 Å². The Hall–Kier alpha value is -1.13. The van der Waals surface area contributed by atoms with Gasteiger partial charge in [0.1, 0.15) is 5.82 Å². The summed E-state index contributed by atoms with van der Waals surface area (Å²) in [4.78, 5) is 11.4. The number of carbonyl (C=O) groups excluding carboxylic acids is 1. The highest BCUT2D eigenvalue weighted by Crippen LogP contribution is 2.19. The van der Waals surface area contributed by atoms with Crippen LogP contribution in [0.15, 0.2) is 18.2 Å². The Labute approximate surface area is 98.2 Å².